The monoisotopic (exact) mass is 448 g/mol. The molecule has 5 rings (SSSR count). The Kier molecular flexibility index (Phi) is 5.09. The van der Waals surface area contributed by atoms with Crippen LogP contribution in [-0.2, 0) is 13.6 Å². The van der Waals surface area contributed by atoms with Crippen LogP contribution in [0.4, 0.5) is 5.69 Å². The lowest BCUT2D eigenvalue weighted by molar-refractivity contribution is 0.492. The minimum Gasteiger partial charge on any atom is -0.467 e. The zero-order valence-electron chi connectivity index (χ0n) is 17.1. The molecule has 0 aliphatic heterocycles. The third-order valence-corrected chi connectivity index (χ3v) is 6.95. The van der Waals surface area contributed by atoms with Crippen LogP contribution in [0.3, 0.4) is 0 Å². The highest BCUT2D eigenvalue weighted by atomic mass is 32.1. The van der Waals surface area contributed by atoms with Gasteiger partial charge in [0.1, 0.15) is 5.76 Å². The van der Waals surface area contributed by atoms with E-state index in [1.165, 1.54) is 11.3 Å². The van der Waals surface area contributed by atoms with E-state index >= 15 is 0 Å². The van der Waals surface area contributed by atoms with Crippen LogP contribution in [-0.4, -0.2) is 13.9 Å². The second-order valence-electron chi connectivity index (χ2n) is 7.07. The van der Waals surface area contributed by atoms with E-state index in [1.54, 1.807) is 22.3 Å². The van der Waals surface area contributed by atoms with Crippen LogP contribution in [0.5, 0.6) is 0 Å². The number of aromatic nitrogens is 3. The summed E-state index contributed by atoms with van der Waals surface area (Å²) in [6, 6.07) is 17.6. The van der Waals surface area contributed by atoms with Gasteiger partial charge in [-0.15, -0.1) is 22.7 Å². The zero-order valence-corrected chi connectivity index (χ0v) is 18.7. The Balaban J connectivity index is 1.70. The molecule has 0 fully saturated rings. The Labute approximate surface area is 186 Å². The average molecular weight is 449 g/mol. The topological polar surface area (TPSA) is 57.4 Å². The van der Waals surface area contributed by atoms with Crippen LogP contribution >= 0.6 is 22.7 Å². The van der Waals surface area contributed by atoms with Crippen molar-refractivity contribution in [3.63, 3.8) is 0 Å². The van der Waals surface area contributed by atoms with Gasteiger partial charge >= 0.3 is 0 Å². The molecule has 0 saturated carbocycles. The van der Waals surface area contributed by atoms with E-state index in [4.69, 9.17) is 9.41 Å². The number of rotatable bonds is 5. The first-order valence-corrected chi connectivity index (χ1v) is 11.5. The van der Waals surface area contributed by atoms with E-state index in [-0.39, 0.29) is 5.56 Å². The van der Waals surface area contributed by atoms with E-state index in [2.05, 4.69) is 21.4 Å². The van der Waals surface area contributed by atoms with Crippen molar-refractivity contribution in [1.82, 2.24) is 13.9 Å². The lowest BCUT2D eigenvalue weighted by Gasteiger charge is -2.07. The summed E-state index contributed by atoms with van der Waals surface area (Å²) in [6.07, 6.45) is 1.67. The second-order valence-corrected chi connectivity index (χ2v) is 8.85. The van der Waals surface area contributed by atoms with Crippen molar-refractivity contribution in [2.24, 2.45) is 12.0 Å². The molecule has 4 heterocycles. The summed E-state index contributed by atoms with van der Waals surface area (Å²) in [6.45, 7) is 2.46. The van der Waals surface area contributed by atoms with Crippen molar-refractivity contribution in [2.45, 2.75) is 13.5 Å². The van der Waals surface area contributed by atoms with Crippen molar-refractivity contribution in [1.29, 1.82) is 0 Å². The summed E-state index contributed by atoms with van der Waals surface area (Å²) in [5, 5.41) is 4.14. The fourth-order valence-corrected chi connectivity index (χ4v) is 5.26. The van der Waals surface area contributed by atoms with Gasteiger partial charge in [0, 0.05) is 12.4 Å². The first kappa shape index (κ1) is 19.6. The third kappa shape index (κ3) is 3.54. The fraction of sp³-hybridized carbons (Fsp3) is 0.130. The number of para-hydroxylation sites is 1. The van der Waals surface area contributed by atoms with Crippen molar-refractivity contribution in [2.75, 3.05) is 0 Å². The molecule has 0 atom stereocenters. The lowest BCUT2D eigenvalue weighted by Crippen LogP contribution is -2.20. The summed E-state index contributed by atoms with van der Waals surface area (Å²) in [5.74, 6) is 0.837. The normalized spacial score (nSPS) is 12.0. The molecule has 0 saturated heterocycles. The van der Waals surface area contributed by atoms with E-state index in [1.807, 2.05) is 67.2 Å². The SMILES string of the molecule is Cc1c(N=c2scc(-c3cccs3)n2Cc2ccco2)c(=O)n(-c2ccccc2)n1C. The smallest absolute Gasteiger partial charge is 0.297 e. The lowest BCUT2D eigenvalue weighted by atomic mass is 10.3. The molecule has 0 bridgehead atoms. The van der Waals surface area contributed by atoms with Crippen LogP contribution in [0.15, 0.2) is 85.8 Å². The number of thiophene rings is 1. The Hall–Kier alpha value is -3.36. The van der Waals surface area contributed by atoms with Crippen molar-refractivity contribution < 1.29 is 4.42 Å². The first-order chi connectivity index (χ1) is 15.1. The van der Waals surface area contributed by atoms with Crippen molar-refractivity contribution in [3.8, 4) is 16.3 Å². The summed E-state index contributed by atoms with van der Waals surface area (Å²) < 4.78 is 11.2. The number of furan rings is 1. The maximum Gasteiger partial charge on any atom is 0.297 e. The van der Waals surface area contributed by atoms with E-state index in [0.29, 0.717) is 12.2 Å². The highest BCUT2D eigenvalue weighted by Crippen LogP contribution is 2.26. The number of thiazole rings is 1. The van der Waals surface area contributed by atoms with Crippen LogP contribution in [0, 0.1) is 6.92 Å². The van der Waals surface area contributed by atoms with E-state index < -0.39 is 0 Å². The number of benzene rings is 1. The average Bonchev–Trinajstić information content (AvgIpc) is 3.57. The van der Waals surface area contributed by atoms with E-state index in [0.717, 1.165) is 32.5 Å². The summed E-state index contributed by atoms with van der Waals surface area (Å²) in [4.78, 5) is 20.1. The van der Waals surface area contributed by atoms with Crippen LogP contribution in [0.2, 0.25) is 0 Å². The molecule has 1 aromatic carbocycles. The van der Waals surface area contributed by atoms with Crippen LogP contribution in [0.1, 0.15) is 11.5 Å². The van der Waals surface area contributed by atoms with Gasteiger partial charge in [-0.3, -0.25) is 9.48 Å². The van der Waals surface area contributed by atoms with Gasteiger partial charge in [0.25, 0.3) is 5.56 Å². The number of hydrogen-bond donors (Lipinski definition) is 0. The van der Waals surface area contributed by atoms with Gasteiger partial charge < -0.3 is 8.98 Å². The second kappa shape index (κ2) is 8.05. The standard InChI is InChI=1S/C23H20N4O2S2/c1-16-21(22(28)27(25(16)2)17-8-4-3-5-9-17)24-23-26(14-18-10-6-12-29-18)19(15-31-23)20-11-7-13-30-20/h3-13,15H,14H2,1-2H3. The van der Waals surface area contributed by atoms with Crippen LogP contribution < -0.4 is 10.4 Å². The summed E-state index contributed by atoms with van der Waals surface area (Å²) >= 11 is 3.20. The molecule has 31 heavy (non-hydrogen) atoms. The molecule has 0 aliphatic rings. The summed E-state index contributed by atoms with van der Waals surface area (Å²) in [7, 11) is 1.88. The van der Waals surface area contributed by atoms with Gasteiger partial charge in [-0.25, -0.2) is 9.67 Å². The maximum atomic E-state index is 13.3. The molecule has 6 nitrogen and oxygen atoms in total. The molecule has 5 aromatic rings. The largest absolute Gasteiger partial charge is 0.467 e. The molecule has 0 N–H and O–H groups in total. The number of nitrogens with zero attached hydrogens (tertiary/aromatic N) is 4. The van der Waals surface area contributed by atoms with Gasteiger partial charge in [-0.05, 0) is 42.6 Å². The van der Waals surface area contributed by atoms with Crippen LogP contribution in [0.25, 0.3) is 16.3 Å². The first-order valence-electron chi connectivity index (χ1n) is 9.77. The molecule has 0 spiro atoms. The molecular formula is C23H20N4O2S2. The fourth-order valence-electron chi connectivity index (χ4n) is 3.53. The minimum atomic E-state index is -0.137. The predicted octanol–water partition coefficient (Wildman–Crippen LogP) is 4.95. The molecule has 0 aliphatic carbocycles. The van der Waals surface area contributed by atoms with Gasteiger partial charge in [-0.1, -0.05) is 24.3 Å². The maximum absolute atomic E-state index is 13.3. The predicted molar refractivity (Wildman–Crippen MR) is 124 cm³/mol. The minimum absolute atomic E-state index is 0.137. The number of hydrogen-bond acceptors (Lipinski definition) is 5. The third-order valence-electron chi connectivity index (χ3n) is 5.20. The Morgan fingerprint density at radius 3 is 2.58 bits per heavy atom. The van der Waals surface area contributed by atoms with Gasteiger partial charge in [-0.2, -0.15) is 0 Å². The molecule has 4 aromatic heterocycles. The zero-order chi connectivity index (χ0) is 21.4. The Morgan fingerprint density at radius 2 is 1.87 bits per heavy atom. The molecule has 0 amide bonds. The summed E-state index contributed by atoms with van der Waals surface area (Å²) in [5.41, 5.74) is 2.99. The highest BCUT2D eigenvalue weighted by molar-refractivity contribution is 7.14. The molecule has 0 radical (unpaired) electrons. The molecule has 0 unspecified atom stereocenters. The van der Waals surface area contributed by atoms with Gasteiger partial charge in [0.05, 0.1) is 34.8 Å². The molecule has 8 heteroatoms. The molecule has 156 valence electrons. The van der Waals surface area contributed by atoms with Crippen molar-refractivity contribution in [3.05, 3.63) is 98.2 Å². The van der Waals surface area contributed by atoms with Gasteiger partial charge in [0.15, 0.2) is 10.5 Å². The van der Waals surface area contributed by atoms with E-state index in [9.17, 15) is 4.79 Å². The Morgan fingerprint density at radius 1 is 1.03 bits per heavy atom. The van der Waals surface area contributed by atoms with Crippen molar-refractivity contribution >= 4 is 28.4 Å². The molecular weight excluding hydrogens is 428 g/mol. The highest BCUT2D eigenvalue weighted by Gasteiger charge is 2.17. The Bertz CT molecular complexity index is 1430. The quantitative estimate of drug-likeness (QED) is 0.382. The van der Waals surface area contributed by atoms with Gasteiger partial charge in [0.2, 0.25) is 0 Å².